The maximum absolute atomic E-state index is 11.4. The van der Waals surface area contributed by atoms with Crippen LogP contribution in [0.15, 0.2) is 5.28 Å². The van der Waals surface area contributed by atoms with E-state index >= 15 is 0 Å². The molecule has 0 aromatic heterocycles. The van der Waals surface area contributed by atoms with Crippen LogP contribution in [0.25, 0.3) is 10.4 Å². The quantitative estimate of drug-likeness (QED) is 0.170. The minimum Gasteiger partial charge on any atom is -0.463 e. The topological polar surface area (TPSA) is 146 Å². The summed E-state index contributed by atoms with van der Waals surface area (Å²) >= 11 is 0. The van der Waals surface area contributed by atoms with E-state index in [1.54, 1.807) is 0 Å². The lowest BCUT2D eigenvalue weighted by Crippen LogP contribution is -2.41. The highest BCUT2D eigenvalue weighted by Gasteiger charge is 2.51. The van der Waals surface area contributed by atoms with Crippen molar-refractivity contribution >= 4 is 17.9 Å². The highest BCUT2D eigenvalue weighted by atomic mass is 16.8. The zero-order chi connectivity index (χ0) is 18.8. The number of rotatable bonds is 6. The zero-order valence-corrected chi connectivity index (χ0v) is 11.2. The molecule has 1 aliphatic heterocycles. The average Bonchev–Trinajstić information content (AvgIpc) is 2.93. The standard InChI is InChI=1S/C11H15N3O8/c1-5(15)18-4-8-9(19-6(2)16)10(20-7(3)17)11(21-8)22-14-13-12/h8-11H,4H2,1-3H3/t8-,9-,10-,11+/m1/s1/i1D,2D,3D. The summed E-state index contributed by atoms with van der Waals surface area (Å²) in [6.07, 6.45) is -5.42. The van der Waals surface area contributed by atoms with Gasteiger partial charge < -0.3 is 23.8 Å². The Balaban J connectivity index is 2.98. The second-order valence-electron chi connectivity index (χ2n) is 3.91. The summed E-state index contributed by atoms with van der Waals surface area (Å²) in [7, 11) is 0. The Morgan fingerprint density at radius 1 is 1.18 bits per heavy atom. The fourth-order valence-corrected chi connectivity index (χ4v) is 1.72. The number of esters is 3. The molecular weight excluding hydrogens is 302 g/mol. The van der Waals surface area contributed by atoms with E-state index in [0.29, 0.717) is 0 Å². The molecule has 0 saturated carbocycles. The molecule has 1 saturated heterocycles. The number of ether oxygens (including phenoxy) is 4. The molecule has 0 aromatic rings. The highest BCUT2D eigenvalue weighted by Crippen LogP contribution is 2.28. The molecule has 122 valence electrons. The lowest BCUT2D eigenvalue weighted by atomic mass is 10.1. The van der Waals surface area contributed by atoms with Gasteiger partial charge in [-0.15, -0.1) is 0 Å². The van der Waals surface area contributed by atoms with Gasteiger partial charge in [0.15, 0.2) is 6.10 Å². The predicted molar refractivity (Wildman–Crippen MR) is 66.6 cm³/mol. The lowest BCUT2D eigenvalue weighted by molar-refractivity contribution is -0.191. The molecule has 0 aromatic carbocycles. The van der Waals surface area contributed by atoms with Crippen molar-refractivity contribution in [1.82, 2.24) is 0 Å². The number of carbonyl (C=O) groups excluding carboxylic acids is 3. The Hall–Kier alpha value is -2.52. The summed E-state index contributed by atoms with van der Waals surface area (Å²) in [6, 6.07) is 0. The highest BCUT2D eigenvalue weighted by molar-refractivity contribution is 5.67. The molecule has 0 bridgehead atoms. The molecule has 0 amide bonds. The van der Waals surface area contributed by atoms with E-state index in [2.05, 4.69) is 15.0 Å². The van der Waals surface area contributed by atoms with Crippen molar-refractivity contribution < 1.29 is 42.3 Å². The van der Waals surface area contributed by atoms with Crippen LogP contribution in [-0.2, 0) is 38.2 Å². The summed E-state index contributed by atoms with van der Waals surface area (Å²) in [5.74, 6) is -2.87. The number of nitrogens with zero attached hydrogens (tertiary/aromatic N) is 3. The molecule has 1 fully saturated rings. The van der Waals surface area contributed by atoms with E-state index in [9.17, 15) is 14.4 Å². The molecule has 0 aliphatic carbocycles. The molecule has 0 N–H and O–H groups in total. The van der Waals surface area contributed by atoms with Crippen LogP contribution in [0.4, 0.5) is 0 Å². The third-order valence-corrected chi connectivity index (χ3v) is 2.40. The SMILES string of the molecule is [2H]CC(=O)OC[C@H]1O[C@@H](ON=[N+]=[N-])[C@H](OC(=O)C[2H])[C@@H]1OC(=O)C[2H]. The number of carbonyl (C=O) groups is 3. The fraction of sp³-hybridized carbons (Fsp3) is 0.727. The van der Waals surface area contributed by atoms with Crippen LogP contribution in [0.2, 0.25) is 0 Å². The minimum absolute atomic E-state index is 0.473. The van der Waals surface area contributed by atoms with Crippen molar-refractivity contribution in [2.75, 3.05) is 6.61 Å². The first-order valence-corrected chi connectivity index (χ1v) is 5.74. The molecular formula is C11H15N3O8. The molecule has 22 heavy (non-hydrogen) atoms. The third kappa shape index (κ3) is 5.11. The van der Waals surface area contributed by atoms with Gasteiger partial charge in [0.1, 0.15) is 18.0 Å². The maximum atomic E-state index is 11.4. The Kier molecular flexibility index (Phi) is 4.82. The van der Waals surface area contributed by atoms with Crippen molar-refractivity contribution in [3.63, 3.8) is 0 Å². The first-order valence-electron chi connectivity index (χ1n) is 7.86. The van der Waals surface area contributed by atoms with Crippen LogP contribution in [0.3, 0.4) is 0 Å². The molecule has 11 heteroatoms. The van der Waals surface area contributed by atoms with Gasteiger partial charge in [-0.3, -0.25) is 14.4 Å². The van der Waals surface area contributed by atoms with Gasteiger partial charge in [0.25, 0.3) is 0 Å². The smallest absolute Gasteiger partial charge is 0.303 e. The summed E-state index contributed by atoms with van der Waals surface area (Å²) in [4.78, 5) is 40.9. The lowest BCUT2D eigenvalue weighted by Gasteiger charge is -2.22. The van der Waals surface area contributed by atoms with E-state index in [-0.39, 0.29) is 0 Å². The predicted octanol–water partition coefficient (Wildman–Crippen LogP) is 0.380. The van der Waals surface area contributed by atoms with E-state index in [4.69, 9.17) is 28.6 Å². The van der Waals surface area contributed by atoms with Crippen LogP contribution in [0.5, 0.6) is 0 Å². The van der Waals surface area contributed by atoms with Gasteiger partial charge in [-0.25, -0.2) is 0 Å². The zero-order valence-electron chi connectivity index (χ0n) is 14.2. The minimum atomic E-state index is -1.49. The largest absolute Gasteiger partial charge is 0.463 e. The second-order valence-corrected chi connectivity index (χ2v) is 3.91. The van der Waals surface area contributed by atoms with Gasteiger partial charge in [0.2, 0.25) is 12.4 Å². The van der Waals surface area contributed by atoms with E-state index in [0.717, 1.165) is 0 Å². The third-order valence-electron chi connectivity index (χ3n) is 2.40. The van der Waals surface area contributed by atoms with Crippen molar-refractivity contribution in [2.24, 2.45) is 5.28 Å². The van der Waals surface area contributed by atoms with Crippen LogP contribution in [-0.4, -0.2) is 49.1 Å². The van der Waals surface area contributed by atoms with Gasteiger partial charge in [0, 0.05) is 29.7 Å². The monoisotopic (exact) mass is 320 g/mol. The van der Waals surface area contributed by atoms with Gasteiger partial charge in [-0.1, -0.05) is 0 Å². The number of hydrogen-bond donors (Lipinski definition) is 0. The molecule has 11 nitrogen and oxygen atoms in total. The molecule has 0 spiro atoms. The summed E-state index contributed by atoms with van der Waals surface area (Å²) in [5, 5.41) is 2.82. The second kappa shape index (κ2) is 8.05. The average molecular weight is 320 g/mol. The van der Waals surface area contributed by atoms with Crippen molar-refractivity contribution in [3.8, 4) is 0 Å². The molecule has 1 heterocycles. The van der Waals surface area contributed by atoms with Crippen LogP contribution < -0.4 is 0 Å². The summed E-state index contributed by atoms with van der Waals surface area (Å²) in [5.41, 5.74) is 8.30. The van der Waals surface area contributed by atoms with E-state index in [1.165, 1.54) is 0 Å². The molecule has 1 aliphatic rings. The summed E-state index contributed by atoms with van der Waals surface area (Å²) < 4.78 is 40.7. The molecule has 0 radical (unpaired) electrons. The van der Waals surface area contributed by atoms with Gasteiger partial charge in [-0.05, 0) is 5.53 Å². The number of azide groups is 1. The molecule has 4 atom stereocenters. The van der Waals surface area contributed by atoms with Crippen molar-refractivity contribution in [1.29, 1.82) is 0 Å². The van der Waals surface area contributed by atoms with Gasteiger partial charge >= 0.3 is 17.9 Å². The Bertz CT molecular complexity index is 545. The normalized spacial score (nSPS) is 28.3. The molecule has 1 rings (SSSR count). The van der Waals surface area contributed by atoms with Crippen molar-refractivity contribution in [3.05, 3.63) is 10.4 Å². The molecule has 0 unspecified atom stereocenters. The fourth-order valence-electron chi connectivity index (χ4n) is 1.72. The van der Waals surface area contributed by atoms with Crippen LogP contribution in [0.1, 0.15) is 24.8 Å². The van der Waals surface area contributed by atoms with Gasteiger partial charge in [-0.2, -0.15) is 0 Å². The van der Waals surface area contributed by atoms with Gasteiger partial charge in [0.05, 0.1) is 0 Å². The number of hydrogen-bond acceptors (Lipinski definition) is 9. The van der Waals surface area contributed by atoms with Crippen molar-refractivity contribution in [2.45, 2.75) is 45.3 Å². The van der Waals surface area contributed by atoms with Crippen LogP contribution >= 0.6 is 0 Å². The first-order chi connectivity index (χ1) is 12.0. The Morgan fingerprint density at radius 3 is 2.41 bits per heavy atom. The van der Waals surface area contributed by atoms with E-state index < -0.39 is 69.8 Å². The van der Waals surface area contributed by atoms with E-state index in [1.807, 2.05) is 0 Å². The van der Waals surface area contributed by atoms with Crippen LogP contribution in [0, 0.1) is 0 Å². The Labute approximate surface area is 129 Å². The first kappa shape index (κ1) is 13.2. The maximum Gasteiger partial charge on any atom is 0.303 e. The summed E-state index contributed by atoms with van der Waals surface area (Å²) in [6.45, 7) is -2.61. The Morgan fingerprint density at radius 2 is 1.82 bits per heavy atom.